The van der Waals surface area contributed by atoms with Gasteiger partial charge < -0.3 is 4.90 Å². The summed E-state index contributed by atoms with van der Waals surface area (Å²) in [5.74, 6) is 3.31. The van der Waals surface area contributed by atoms with E-state index in [1.807, 2.05) is 12.1 Å². The molecule has 6 aromatic carbocycles. The zero-order valence-corrected chi connectivity index (χ0v) is 33.7. The molecule has 0 saturated heterocycles. The molecule has 0 bridgehead atoms. The fourth-order valence-corrected chi connectivity index (χ4v) is 9.43. The minimum absolute atomic E-state index is 0.0447. The lowest BCUT2D eigenvalue weighted by molar-refractivity contribution is -0.737. The number of benzene rings is 6. The van der Waals surface area contributed by atoms with E-state index < -0.39 is 0 Å². The summed E-state index contributed by atoms with van der Waals surface area (Å²) in [5.41, 5.74) is 11.5. The molecule has 0 saturated carbocycles. The number of allylic oxidation sites excluding steroid dienone is 2. The Morgan fingerprint density at radius 1 is 0.516 bits per heavy atom. The van der Waals surface area contributed by atoms with Gasteiger partial charge in [-0.15, -0.1) is 0 Å². The summed E-state index contributed by atoms with van der Waals surface area (Å²) in [5, 5.41) is 7.71. The molecule has 2 atom stereocenters. The van der Waals surface area contributed by atoms with Crippen molar-refractivity contribution in [3.05, 3.63) is 223 Å². The first kappa shape index (κ1) is 35.8. The average Bonchev–Trinajstić information content (AvgIpc) is 4.03. The molecule has 4 aromatic heterocycles. The van der Waals surface area contributed by atoms with Crippen molar-refractivity contribution in [2.45, 2.75) is 18.5 Å². The van der Waals surface area contributed by atoms with Crippen molar-refractivity contribution in [1.29, 1.82) is 0 Å². The Morgan fingerprint density at radius 2 is 1.13 bits per heavy atom. The van der Waals surface area contributed by atoms with Crippen molar-refractivity contribution in [2.24, 2.45) is 0 Å². The van der Waals surface area contributed by atoms with Crippen LogP contribution >= 0.6 is 0 Å². The molecule has 12 rings (SSSR count). The summed E-state index contributed by atoms with van der Waals surface area (Å²) in [7, 11) is 0. The summed E-state index contributed by atoms with van der Waals surface area (Å²) in [6.07, 6.45) is 8.93. The lowest BCUT2D eigenvalue weighted by atomic mass is 9.91. The lowest BCUT2D eigenvalue weighted by Crippen LogP contribution is -2.40. The van der Waals surface area contributed by atoms with Crippen LogP contribution in [0.4, 0.5) is 11.5 Å². The van der Waals surface area contributed by atoms with Gasteiger partial charge in [-0.05, 0) is 58.6 Å². The van der Waals surface area contributed by atoms with Crippen molar-refractivity contribution in [3.8, 4) is 51.1 Å². The van der Waals surface area contributed by atoms with E-state index in [1.165, 1.54) is 5.56 Å². The first-order chi connectivity index (χ1) is 30.8. The van der Waals surface area contributed by atoms with Gasteiger partial charge in [-0.3, -0.25) is 4.57 Å². The van der Waals surface area contributed by atoms with Crippen LogP contribution in [-0.4, -0.2) is 25.6 Å². The molecule has 7 heteroatoms. The summed E-state index contributed by atoms with van der Waals surface area (Å²) in [4.78, 5) is 18.6. The third-order valence-corrected chi connectivity index (χ3v) is 12.2. The van der Waals surface area contributed by atoms with Gasteiger partial charge >= 0.3 is 5.82 Å². The van der Waals surface area contributed by atoms with Gasteiger partial charge in [0.15, 0.2) is 0 Å². The Bertz CT molecular complexity index is 3350. The maximum absolute atomic E-state index is 5.59. The number of anilines is 2. The maximum Gasteiger partial charge on any atom is 0.336 e. The van der Waals surface area contributed by atoms with E-state index in [2.05, 4.69) is 214 Å². The van der Waals surface area contributed by atoms with Crippen LogP contribution in [0.5, 0.6) is 0 Å². The van der Waals surface area contributed by atoms with Crippen LogP contribution in [0, 0.1) is 0 Å². The molecule has 7 nitrogen and oxygen atoms in total. The van der Waals surface area contributed by atoms with E-state index in [4.69, 9.17) is 20.1 Å². The summed E-state index contributed by atoms with van der Waals surface area (Å²) < 4.78 is 4.36. The van der Waals surface area contributed by atoms with Crippen LogP contribution in [0.3, 0.4) is 0 Å². The molecule has 1 aliphatic heterocycles. The summed E-state index contributed by atoms with van der Waals surface area (Å²) in [6.45, 7) is 0.543. The third-order valence-electron chi connectivity index (χ3n) is 12.2. The normalized spacial score (nSPS) is 15.3. The molecule has 0 N–H and O–H groups in total. The van der Waals surface area contributed by atoms with Gasteiger partial charge in [0.25, 0.3) is 0 Å². The number of hydrogen-bond acceptors (Lipinski definition) is 4. The maximum atomic E-state index is 5.59. The smallest absolute Gasteiger partial charge is 0.317 e. The number of hydrogen-bond donors (Lipinski definition) is 0. The lowest BCUT2D eigenvalue weighted by Gasteiger charge is -2.28. The van der Waals surface area contributed by atoms with Crippen molar-refractivity contribution in [3.63, 3.8) is 0 Å². The molecule has 2 aliphatic rings. The summed E-state index contributed by atoms with van der Waals surface area (Å²) in [6, 6.07) is 65.6. The quantitative estimate of drug-likeness (QED) is 0.143. The predicted molar refractivity (Wildman–Crippen MR) is 248 cm³/mol. The van der Waals surface area contributed by atoms with E-state index >= 15 is 0 Å². The van der Waals surface area contributed by atoms with Gasteiger partial charge in [0, 0.05) is 33.4 Å². The highest BCUT2D eigenvalue weighted by molar-refractivity contribution is 6.13. The average molecular weight is 798 g/mol. The topological polar surface area (TPSA) is 64.8 Å². The highest BCUT2D eigenvalue weighted by Gasteiger charge is 2.42. The predicted octanol–water partition coefficient (Wildman–Crippen LogP) is 11.7. The van der Waals surface area contributed by atoms with Gasteiger partial charge in [-0.2, -0.15) is 0 Å². The molecular weight excluding hydrogens is 759 g/mol. The second-order valence-electron chi connectivity index (χ2n) is 15.9. The van der Waals surface area contributed by atoms with Gasteiger partial charge in [0.05, 0.1) is 39.7 Å². The molecule has 0 spiro atoms. The van der Waals surface area contributed by atoms with Crippen molar-refractivity contribution >= 4 is 33.3 Å². The minimum atomic E-state index is 0.0447. The number of nitrogens with zero attached hydrogens (tertiary/aromatic N) is 7. The Kier molecular flexibility index (Phi) is 8.55. The van der Waals surface area contributed by atoms with E-state index in [9.17, 15) is 0 Å². The molecule has 0 fully saturated rings. The van der Waals surface area contributed by atoms with Gasteiger partial charge in [0.2, 0.25) is 5.82 Å². The third kappa shape index (κ3) is 5.97. The van der Waals surface area contributed by atoms with E-state index in [0.717, 1.165) is 84.2 Å². The summed E-state index contributed by atoms with van der Waals surface area (Å²) >= 11 is 0. The van der Waals surface area contributed by atoms with Gasteiger partial charge in [-0.1, -0.05) is 170 Å². The molecular formula is C55H39N7. The van der Waals surface area contributed by atoms with E-state index in [0.29, 0.717) is 12.4 Å². The van der Waals surface area contributed by atoms with Crippen LogP contribution in [0.1, 0.15) is 17.0 Å². The fourth-order valence-electron chi connectivity index (χ4n) is 9.43. The Balaban J connectivity index is 1.08. The standard InChI is InChI=1S/C55H39N7/c1-4-18-37(19-5-1)36-60-55(45-29-15-27-43-41-25-11-13-33-49(41)62(53(43)45)51-35-17-31-47(57-51)39-22-8-3-9-23-39)58-54(59-60)44-28-14-26-42-40-24-10-12-32-48(40)61(52(42)44)50-34-16-30-46(56-50)38-20-6-2-7-21-38/h1-35,41,49H,36H2. The highest BCUT2D eigenvalue weighted by Crippen LogP contribution is 2.51. The van der Waals surface area contributed by atoms with E-state index in [1.54, 1.807) is 0 Å². The van der Waals surface area contributed by atoms with Crippen molar-refractivity contribution in [2.75, 3.05) is 4.90 Å². The highest BCUT2D eigenvalue weighted by atomic mass is 15.4. The zero-order valence-electron chi connectivity index (χ0n) is 33.7. The molecule has 62 heavy (non-hydrogen) atoms. The van der Waals surface area contributed by atoms with Crippen molar-refractivity contribution < 1.29 is 4.68 Å². The monoisotopic (exact) mass is 797 g/mol. The Labute approximate surface area is 359 Å². The largest absolute Gasteiger partial charge is 0.336 e. The van der Waals surface area contributed by atoms with Gasteiger partial charge in [-0.25, -0.2) is 19.7 Å². The number of aromatic nitrogens is 6. The minimum Gasteiger partial charge on any atom is -0.317 e. The van der Waals surface area contributed by atoms with Crippen LogP contribution in [0.15, 0.2) is 212 Å². The Hall–Kier alpha value is -8.16. The molecule has 0 radical (unpaired) electrons. The van der Waals surface area contributed by atoms with E-state index in [-0.39, 0.29) is 12.0 Å². The SMILES string of the molecule is C1=CC2c3cccc(-c4nc(-c5cccc6c7ccccc7n(-c7cccc(-c8ccccc8)n7)c56)[n-][n+]4Cc4ccccc4)c3N(c3cccc(-c4ccccc4)n3)C2C=C1. The first-order valence-corrected chi connectivity index (χ1v) is 21.1. The molecule has 1 aliphatic carbocycles. The first-order valence-electron chi connectivity index (χ1n) is 21.1. The number of para-hydroxylation sites is 3. The number of rotatable bonds is 8. The van der Waals surface area contributed by atoms with Crippen LogP contribution < -0.4 is 14.7 Å². The number of pyridine rings is 2. The second kappa shape index (κ2) is 14.8. The molecule has 5 heterocycles. The zero-order chi connectivity index (χ0) is 41.0. The van der Waals surface area contributed by atoms with Crippen LogP contribution in [0.25, 0.3) is 72.9 Å². The molecule has 10 aromatic rings. The Morgan fingerprint density at radius 3 is 1.90 bits per heavy atom. The molecule has 294 valence electrons. The molecule has 0 amide bonds. The van der Waals surface area contributed by atoms with Crippen LogP contribution in [0.2, 0.25) is 0 Å². The number of fused-ring (bicyclic) bond motifs is 6. The second-order valence-corrected chi connectivity index (χ2v) is 15.9. The molecule has 2 unspecified atom stereocenters. The van der Waals surface area contributed by atoms with Gasteiger partial charge in [0.1, 0.15) is 18.2 Å². The van der Waals surface area contributed by atoms with Crippen LogP contribution in [-0.2, 0) is 6.54 Å². The van der Waals surface area contributed by atoms with Crippen molar-refractivity contribution in [1.82, 2.24) is 24.6 Å². The fraction of sp³-hybridized carbons (Fsp3) is 0.0545.